The highest BCUT2D eigenvalue weighted by atomic mass is 32.2. The Morgan fingerprint density at radius 2 is 1.46 bits per heavy atom. The molecule has 48 heavy (non-hydrogen) atoms. The molecule has 0 amide bonds. The summed E-state index contributed by atoms with van der Waals surface area (Å²) >= 11 is 1.68. The maximum atomic E-state index is 11.3. The van der Waals surface area contributed by atoms with E-state index in [1.807, 2.05) is 12.1 Å². The molecule has 0 saturated carbocycles. The van der Waals surface area contributed by atoms with Crippen molar-refractivity contribution in [3.05, 3.63) is 72.8 Å². The fourth-order valence-corrected chi connectivity index (χ4v) is 7.73. The van der Waals surface area contributed by atoms with E-state index >= 15 is 0 Å². The molecule has 0 fully saturated rings. The van der Waals surface area contributed by atoms with Crippen LogP contribution in [0.5, 0.6) is 11.5 Å². The van der Waals surface area contributed by atoms with Crippen molar-refractivity contribution in [3.8, 4) is 34.3 Å². The van der Waals surface area contributed by atoms with Crippen LogP contribution in [0.4, 0.5) is 0 Å². The minimum absolute atomic E-state index is 0.0798. The van der Waals surface area contributed by atoms with Crippen molar-refractivity contribution in [3.63, 3.8) is 0 Å². The summed E-state index contributed by atoms with van der Waals surface area (Å²) in [7, 11) is 0. The van der Waals surface area contributed by atoms with Gasteiger partial charge in [0.2, 0.25) is 0 Å². The molecule has 1 aromatic heterocycles. The number of rotatable bonds is 16. The minimum atomic E-state index is 0.0798. The number of thioether (sulfide) groups is 1. The number of fused-ring (bicyclic) bond motifs is 3. The molecule has 5 aromatic rings. The molecule has 3 atom stereocenters. The molecule has 3 unspecified atom stereocenters. The molecule has 1 N–H and O–H groups in total. The van der Waals surface area contributed by atoms with E-state index in [1.165, 1.54) is 31.1 Å². The molecular formula is C42H53N3O2S. The molecule has 5 nitrogen and oxygen atoms in total. The van der Waals surface area contributed by atoms with Crippen LogP contribution in [0.1, 0.15) is 87.0 Å². The quantitative estimate of drug-likeness (QED) is 0.0837. The molecule has 4 aromatic carbocycles. The standard InChI is InChI=1S/C42H53N3O2S/c1-8-11-17-30(10-3)26-47-32-22-23-36(38(46)25-32)39-43-40(45-41(44-39)48-27-42(6,7)29(5)28(4)16-9-2)37-24-31-18-12-13-19-33(31)34-20-14-15-21-35(34)37/h12-15,18-25,28-30,46H,8-11,16-17,26-27H2,1-7H3. The van der Waals surface area contributed by atoms with Crippen LogP contribution in [0.25, 0.3) is 44.3 Å². The first kappa shape index (κ1) is 35.7. The van der Waals surface area contributed by atoms with Gasteiger partial charge in [0.15, 0.2) is 16.8 Å². The van der Waals surface area contributed by atoms with Gasteiger partial charge in [0, 0.05) is 17.4 Å². The molecule has 1 heterocycles. The first-order valence-electron chi connectivity index (χ1n) is 17.9. The molecule has 0 radical (unpaired) electrons. The second kappa shape index (κ2) is 16.2. The summed E-state index contributed by atoms with van der Waals surface area (Å²) in [6.07, 6.45) is 7.04. The molecule has 0 bridgehead atoms. The zero-order valence-corrected chi connectivity index (χ0v) is 30.7. The van der Waals surface area contributed by atoms with E-state index in [-0.39, 0.29) is 11.2 Å². The van der Waals surface area contributed by atoms with Gasteiger partial charge in [0.25, 0.3) is 0 Å². The van der Waals surface area contributed by atoms with Crippen molar-refractivity contribution in [2.75, 3.05) is 12.4 Å². The Morgan fingerprint density at radius 1 is 0.771 bits per heavy atom. The highest BCUT2D eigenvalue weighted by Crippen LogP contribution is 2.40. The van der Waals surface area contributed by atoms with Gasteiger partial charge in [-0.25, -0.2) is 15.0 Å². The highest BCUT2D eigenvalue weighted by Gasteiger charge is 2.30. The number of benzene rings is 4. The Hall–Kier alpha value is -3.64. The Kier molecular flexibility index (Phi) is 12.0. The second-order valence-corrected chi connectivity index (χ2v) is 15.1. The molecule has 0 aliphatic rings. The summed E-state index contributed by atoms with van der Waals surface area (Å²) in [6, 6.07) is 24.6. The van der Waals surface area contributed by atoms with Gasteiger partial charge >= 0.3 is 0 Å². The molecule has 5 rings (SSSR count). The van der Waals surface area contributed by atoms with Gasteiger partial charge in [0.1, 0.15) is 11.5 Å². The average molecular weight is 664 g/mol. The number of phenols is 1. The lowest BCUT2D eigenvalue weighted by atomic mass is 9.73. The first-order chi connectivity index (χ1) is 23.1. The predicted octanol–water partition coefficient (Wildman–Crippen LogP) is 12.0. The summed E-state index contributed by atoms with van der Waals surface area (Å²) < 4.78 is 6.15. The van der Waals surface area contributed by atoms with Crippen molar-refractivity contribution < 1.29 is 9.84 Å². The van der Waals surface area contributed by atoms with Crippen molar-refractivity contribution in [2.24, 2.45) is 23.2 Å². The number of nitrogens with zero attached hydrogens (tertiary/aromatic N) is 3. The number of aromatic nitrogens is 3. The zero-order valence-electron chi connectivity index (χ0n) is 29.9. The van der Waals surface area contributed by atoms with E-state index in [1.54, 1.807) is 17.8 Å². The topological polar surface area (TPSA) is 68.1 Å². The lowest BCUT2D eigenvalue weighted by Crippen LogP contribution is -2.29. The number of hydrogen-bond acceptors (Lipinski definition) is 6. The van der Waals surface area contributed by atoms with Crippen LogP contribution >= 0.6 is 11.8 Å². The molecule has 0 saturated heterocycles. The van der Waals surface area contributed by atoms with Crippen LogP contribution in [-0.2, 0) is 0 Å². The smallest absolute Gasteiger partial charge is 0.191 e. The normalized spacial score (nSPS) is 13.9. The van der Waals surface area contributed by atoms with Crippen molar-refractivity contribution >= 4 is 33.3 Å². The summed E-state index contributed by atoms with van der Waals surface area (Å²) in [5.41, 5.74) is 1.60. The lowest BCUT2D eigenvalue weighted by molar-refractivity contribution is 0.184. The number of hydrogen-bond donors (Lipinski definition) is 1. The number of phenolic OH excluding ortho intramolecular Hbond substituents is 1. The monoisotopic (exact) mass is 663 g/mol. The highest BCUT2D eigenvalue weighted by molar-refractivity contribution is 7.99. The van der Waals surface area contributed by atoms with Gasteiger partial charge in [0.05, 0.1) is 12.2 Å². The summed E-state index contributed by atoms with van der Waals surface area (Å²) in [5, 5.41) is 16.6. The maximum Gasteiger partial charge on any atom is 0.191 e. The zero-order chi connectivity index (χ0) is 34.3. The summed E-state index contributed by atoms with van der Waals surface area (Å²) in [6.45, 7) is 16.8. The van der Waals surface area contributed by atoms with Gasteiger partial charge < -0.3 is 9.84 Å². The van der Waals surface area contributed by atoms with Crippen LogP contribution in [-0.4, -0.2) is 32.4 Å². The van der Waals surface area contributed by atoms with Gasteiger partial charge in [-0.05, 0) is 69.3 Å². The Morgan fingerprint density at radius 3 is 2.15 bits per heavy atom. The van der Waals surface area contributed by atoms with E-state index in [0.717, 1.165) is 40.3 Å². The molecule has 254 valence electrons. The lowest BCUT2D eigenvalue weighted by Gasteiger charge is -2.35. The average Bonchev–Trinajstić information content (AvgIpc) is 3.10. The van der Waals surface area contributed by atoms with E-state index in [0.29, 0.717) is 52.5 Å². The molecule has 0 spiro atoms. The van der Waals surface area contributed by atoms with Gasteiger partial charge in [-0.3, -0.25) is 0 Å². The van der Waals surface area contributed by atoms with Gasteiger partial charge in [-0.2, -0.15) is 0 Å². The largest absolute Gasteiger partial charge is 0.507 e. The third-order valence-corrected chi connectivity index (χ3v) is 11.6. The Balaban J connectivity index is 1.55. The van der Waals surface area contributed by atoms with E-state index in [9.17, 15) is 5.11 Å². The number of ether oxygens (including phenoxy) is 1. The van der Waals surface area contributed by atoms with Crippen molar-refractivity contribution in [1.82, 2.24) is 15.0 Å². The fourth-order valence-electron chi connectivity index (χ4n) is 6.66. The predicted molar refractivity (Wildman–Crippen MR) is 204 cm³/mol. The number of aromatic hydroxyl groups is 1. The van der Waals surface area contributed by atoms with E-state index in [4.69, 9.17) is 19.7 Å². The SMILES string of the molecule is CCCCC(CC)COc1ccc(-c2nc(SCC(C)(C)C(C)C(C)CCC)nc(-c3cc4ccccc4c4ccccc34)n2)c(O)c1. The van der Waals surface area contributed by atoms with Crippen LogP contribution in [0.2, 0.25) is 0 Å². The Bertz CT molecular complexity index is 1820. The van der Waals surface area contributed by atoms with Crippen molar-refractivity contribution in [2.45, 2.75) is 92.1 Å². The van der Waals surface area contributed by atoms with E-state index < -0.39 is 0 Å². The third-order valence-electron chi connectivity index (χ3n) is 10.3. The molecule has 6 heteroatoms. The molecule has 0 aliphatic carbocycles. The summed E-state index contributed by atoms with van der Waals surface area (Å²) in [4.78, 5) is 15.1. The maximum absolute atomic E-state index is 11.3. The molecule has 0 aliphatic heterocycles. The van der Waals surface area contributed by atoms with Crippen LogP contribution in [0.15, 0.2) is 78.0 Å². The molecular weight excluding hydrogens is 611 g/mol. The van der Waals surface area contributed by atoms with Gasteiger partial charge in [-0.1, -0.05) is 141 Å². The fraction of sp³-hybridized carbons (Fsp3) is 0.452. The summed E-state index contributed by atoms with van der Waals surface area (Å²) in [5.74, 6) is 4.39. The van der Waals surface area contributed by atoms with E-state index in [2.05, 4.69) is 103 Å². The second-order valence-electron chi connectivity index (χ2n) is 14.2. The Labute approximate surface area is 292 Å². The first-order valence-corrected chi connectivity index (χ1v) is 18.9. The number of unbranched alkanes of at least 4 members (excludes halogenated alkanes) is 1. The third kappa shape index (κ3) is 8.31. The van der Waals surface area contributed by atoms with Gasteiger partial charge in [-0.15, -0.1) is 0 Å². The minimum Gasteiger partial charge on any atom is -0.507 e. The van der Waals surface area contributed by atoms with Crippen LogP contribution in [0.3, 0.4) is 0 Å². The van der Waals surface area contributed by atoms with Crippen LogP contribution < -0.4 is 4.74 Å². The van der Waals surface area contributed by atoms with Crippen molar-refractivity contribution in [1.29, 1.82) is 0 Å². The van der Waals surface area contributed by atoms with Crippen LogP contribution in [0, 0.1) is 23.2 Å².